The van der Waals surface area contributed by atoms with Gasteiger partial charge in [-0.1, -0.05) is 27.7 Å². The Bertz CT molecular complexity index is 138. The van der Waals surface area contributed by atoms with E-state index in [2.05, 4.69) is 10.6 Å². The van der Waals surface area contributed by atoms with Crippen LogP contribution >= 0.6 is 0 Å². The molecule has 86 valence electrons. The van der Waals surface area contributed by atoms with Gasteiger partial charge in [0.2, 0.25) is 11.8 Å². The number of rotatable bonds is 4. The molecule has 0 aromatic rings. The summed E-state index contributed by atoms with van der Waals surface area (Å²) in [7, 11) is 1.64. The first-order valence-electron chi connectivity index (χ1n) is 4.86. The topological polar surface area (TPSA) is 84.2 Å². The van der Waals surface area contributed by atoms with Crippen molar-refractivity contribution in [3.63, 3.8) is 0 Å². The predicted octanol–water partition coefficient (Wildman–Crippen LogP) is -0.140. The van der Waals surface area contributed by atoms with E-state index < -0.39 is 5.91 Å². The number of nitrogens with one attached hydrogen (secondary N) is 2. The third kappa shape index (κ3) is 22.4. The van der Waals surface area contributed by atoms with Gasteiger partial charge in [-0.15, -0.1) is 0 Å². The van der Waals surface area contributed by atoms with Crippen molar-refractivity contribution in [3.05, 3.63) is 0 Å². The standard InChI is InChI=1S/C5H11N3O2.2C2H6/c1-7-3-5(10)8-2-4(6)9;2*1-2/h7H,2-3H2,1H3,(H2,6,9)(H,8,10);2*1-2H3. The van der Waals surface area contributed by atoms with Crippen LogP contribution in [0.4, 0.5) is 0 Å². The van der Waals surface area contributed by atoms with E-state index in [-0.39, 0.29) is 19.0 Å². The van der Waals surface area contributed by atoms with Gasteiger partial charge >= 0.3 is 0 Å². The van der Waals surface area contributed by atoms with E-state index in [0.29, 0.717) is 0 Å². The van der Waals surface area contributed by atoms with Crippen LogP contribution < -0.4 is 16.4 Å². The Morgan fingerprint density at radius 2 is 1.50 bits per heavy atom. The van der Waals surface area contributed by atoms with Crippen LogP contribution in [0, 0.1) is 0 Å². The fraction of sp³-hybridized carbons (Fsp3) is 0.778. The van der Waals surface area contributed by atoms with Crippen LogP contribution in [0.1, 0.15) is 27.7 Å². The SMILES string of the molecule is CC.CC.CNCC(=O)NCC(N)=O. The highest BCUT2D eigenvalue weighted by Gasteiger charge is 1.98. The maximum absolute atomic E-state index is 10.6. The van der Waals surface area contributed by atoms with E-state index in [1.54, 1.807) is 7.05 Å². The van der Waals surface area contributed by atoms with E-state index in [1.165, 1.54) is 0 Å². The zero-order valence-electron chi connectivity index (χ0n) is 9.81. The number of likely N-dealkylation sites (N-methyl/N-ethyl adjacent to an activating group) is 1. The molecule has 5 nitrogen and oxygen atoms in total. The molecule has 0 unspecified atom stereocenters. The van der Waals surface area contributed by atoms with E-state index >= 15 is 0 Å². The number of hydrogen-bond donors (Lipinski definition) is 3. The van der Waals surface area contributed by atoms with Crippen LogP contribution in [0.25, 0.3) is 0 Å². The summed E-state index contributed by atoms with van der Waals surface area (Å²) in [6, 6.07) is 0. The Kier molecular flexibility index (Phi) is 23.8. The molecule has 0 saturated carbocycles. The lowest BCUT2D eigenvalue weighted by atomic mass is 10.5. The molecule has 0 saturated heterocycles. The molecule has 0 rings (SSSR count). The summed E-state index contributed by atoms with van der Waals surface area (Å²) < 4.78 is 0. The fourth-order valence-electron chi connectivity index (χ4n) is 0.409. The van der Waals surface area contributed by atoms with Gasteiger partial charge in [-0.05, 0) is 7.05 Å². The summed E-state index contributed by atoms with van der Waals surface area (Å²) in [4.78, 5) is 20.7. The first kappa shape index (κ1) is 18.6. The summed E-state index contributed by atoms with van der Waals surface area (Å²) in [5.41, 5.74) is 4.76. The van der Waals surface area contributed by atoms with Crippen LogP contribution in [-0.2, 0) is 9.59 Å². The minimum absolute atomic E-state index is 0.0967. The van der Waals surface area contributed by atoms with Gasteiger partial charge in [0.05, 0.1) is 13.1 Å². The monoisotopic (exact) mass is 205 g/mol. The molecule has 14 heavy (non-hydrogen) atoms. The van der Waals surface area contributed by atoms with Crippen molar-refractivity contribution in [2.75, 3.05) is 20.1 Å². The maximum atomic E-state index is 10.6. The second-order valence-corrected chi connectivity index (χ2v) is 1.77. The molecular weight excluding hydrogens is 182 g/mol. The van der Waals surface area contributed by atoms with E-state index in [4.69, 9.17) is 5.73 Å². The minimum atomic E-state index is -0.538. The van der Waals surface area contributed by atoms with Crippen LogP contribution in [0.2, 0.25) is 0 Å². The average Bonchev–Trinajstić information content (AvgIpc) is 2.21. The molecule has 0 radical (unpaired) electrons. The predicted molar refractivity (Wildman–Crippen MR) is 58.8 cm³/mol. The van der Waals surface area contributed by atoms with Gasteiger partial charge in [-0.2, -0.15) is 0 Å². The molecule has 0 aliphatic heterocycles. The van der Waals surface area contributed by atoms with Gasteiger partial charge in [-0.3, -0.25) is 9.59 Å². The fourth-order valence-corrected chi connectivity index (χ4v) is 0.409. The molecule has 0 spiro atoms. The molecule has 2 amide bonds. The second kappa shape index (κ2) is 17.8. The molecule has 0 aliphatic carbocycles. The normalized spacial score (nSPS) is 7.21. The third-order valence-electron chi connectivity index (χ3n) is 0.797. The van der Waals surface area contributed by atoms with E-state index in [1.807, 2.05) is 27.7 Å². The highest BCUT2D eigenvalue weighted by Crippen LogP contribution is 1.60. The summed E-state index contributed by atoms with van der Waals surface area (Å²) in [5.74, 6) is -0.772. The molecular formula is C9H23N3O2. The third-order valence-corrected chi connectivity index (χ3v) is 0.797. The van der Waals surface area contributed by atoms with Gasteiger partial charge in [-0.25, -0.2) is 0 Å². The zero-order valence-corrected chi connectivity index (χ0v) is 9.81. The molecule has 0 atom stereocenters. The summed E-state index contributed by atoms with van der Waals surface area (Å²) in [6.45, 7) is 8.10. The molecule has 0 bridgehead atoms. The van der Waals surface area contributed by atoms with Gasteiger partial charge in [0, 0.05) is 0 Å². The van der Waals surface area contributed by atoms with Crippen molar-refractivity contribution in [2.45, 2.75) is 27.7 Å². The number of nitrogens with two attached hydrogens (primary N) is 1. The quantitative estimate of drug-likeness (QED) is 0.597. The number of hydrogen-bond acceptors (Lipinski definition) is 3. The summed E-state index contributed by atoms with van der Waals surface area (Å²) in [6.07, 6.45) is 0. The number of primary amides is 1. The molecule has 0 aromatic carbocycles. The zero-order chi connectivity index (χ0) is 12.0. The van der Waals surface area contributed by atoms with Crippen molar-refractivity contribution in [3.8, 4) is 0 Å². The lowest BCUT2D eigenvalue weighted by molar-refractivity contribution is -0.124. The Balaban J connectivity index is -0.000000266. The van der Waals surface area contributed by atoms with E-state index in [9.17, 15) is 9.59 Å². The van der Waals surface area contributed by atoms with Crippen LogP contribution in [0.5, 0.6) is 0 Å². The Hall–Kier alpha value is -1.10. The smallest absolute Gasteiger partial charge is 0.236 e. The average molecular weight is 205 g/mol. The Labute approximate surface area is 86.4 Å². The second-order valence-electron chi connectivity index (χ2n) is 1.77. The van der Waals surface area contributed by atoms with Crippen molar-refractivity contribution in [1.29, 1.82) is 0 Å². The van der Waals surface area contributed by atoms with Gasteiger partial charge in [0.25, 0.3) is 0 Å². The minimum Gasteiger partial charge on any atom is -0.368 e. The Morgan fingerprint density at radius 1 is 1.07 bits per heavy atom. The largest absolute Gasteiger partial charge is 0.368 e. The Morgan fingerprint density at radius 3 is 1.79 bits per heavy atom. The van der Waals surface area contributed by atoms with Crippen LogP contribution in [0.3, 0.4) is 0 Å². The lowest BCUT2D eigenvalue weighted by Gasteiger charge is -1.99. The van der Waals surface area contributed by atoms with Crippen LogP contribution in [0.15, 0.2) is 0 Å². The first-order valence-corrected chi connectivity index (χ1v) is 4.86. The van der Waals surface area contributed by atoms with Crippen molar-refractivity contribution >= 4 is 11.8 Å². The molecule has 0 aromatic heterocycles. The highest BCUT2D eigenvalue weighted by atomic mass is 16.2. The van der Waals surface area contributed by atoms with Crippen molar-refractivity contribution < 1.29 is 9.59 Å². The molecule has 5 heteroatoms. The number of amides is 2. The summed E-state index contributed by atoms with van der Waals surface area (Å²) >= 11 is 0. The van der Waals surface area contributed by atoms with Crippen LogP contribution in [-0.4, -0.2) is 32.0 Å². The maximum Gasteiger partial charge on any atom is 0.236 e. The number of carbonyl (C=O) groups is 2. The summed E-state index contributed by atoms with van der Waals surface area (Å²) in [5, 5.41) is 4.93. The van der Waals surface area contributed by atoms with Crippen molar-refractivity contribution in [1.82, 2.24) is 10.6 Å². The lowest BCUT2D eigenvalue weighted by Crippen LogP contribution is -2.37. The van der Waals surface area contributed by atoms with Gasteiger partial charge in [0.15, 0.2) is 0 Å². The van der Waals surface area contributed by atoms with Gasteiger partial charge < -0.3 is 16.4 Å². The van der Waals surface area contributed by atoms with E-state index in [0.717, 1.165) is 0 Å². The number of carbonyl (C=O) groups excluding carboxylic acids is 2. The van der Waals surface area contributed by atoms with Crippen molar-refractivity contribution in [2.24, 2.45) is 5.73 Å². The first-order chi connectivity index (χ1) is 6.66. The van der Waals surface area contributed by atoms with Gasteiger partial charge in [0.1, 0.15) is 0 Å². The molecule has 4 N–H and O–H groups in total. The molecule has 0 heterocycles. The molecule has 0 fully saturated rings. The highest BCUT2D eigenvalue weighted by molar-refractivity contribution is 5.84. The molecule has 0 aliphatic rings.